The second kappa shape index (κ2) is 8.77. The number of benzene rings is 2. The highest BCUT2D eigenvalue weighted by Crippen LogP contribution is 2.31. The lowest BCUT2D eigenvalue weighted by Crippen LogP contribution is -2.31. The van der Waals surface area contributed by atoms with E-state index in [2.05, 4.69) is 0 Å². The number of carbonyl (C=O) groups excluding carboxylic acids is 1. The number of rotatable bonds is 7. The van der Waals surface area contributed by atoms with E-state index in [0.29, 0.717) is 12.1 Å². The molecule has 2 aromatic carbocycles. The molecule has 0 unspecified atom stereocenters. The minimum Gasteiger partial charge on any atom is -0.380 e. The number of hydrogen-bond donors (Lipinski definition) is 2. The molecule has 1 amide bonds. The molecule has 0 saturated carbocycles. The maximum atomic E-state index is 14.3. The molecule has 2 N–H and O–H groups in total. The van der Waals surface area contributed by atoms with Gasteiger partial charge in [-0.05, 0) is 29.7 Å². The van der Waals surface area contributed by atoms with E-state index < -0.39 is 41.2 Å². The average molecular weight is 371 g/mol. The number of hydrogen-bond acceptors (Lipinski definition) is 3. The number of carbonyl (C=O) groups is 1. The highest BCUT2D eigenvalue weighted by Gasteiger charge is 2.29. The first-order valence-corrected chi connectivity index (χ1v) is 7.70. The van der Waals surface area contributed by atoms with Crippen molar-refractivity contribution in [2.45, 2.75) is 24.9 Å². The largest absolute Gasteiger partial charge is 0.380 e. The summed E-state index contributed by atoms with van der Waals surface area (Å²) in [5.74, 6) is -4.96. The van der Waals surface area contributed by atoms with E-state index in [1.54, 1.807) is 0 Å². The van der Waals surface area contributed by atoms with Crippen LogP contribution in [0.5, 0.6) is 0 Å². The van der Waals surface area contributed by atoms with Crippen LogP contribution < -0.4 is 5.48 Å². The first-order chi connectivity index (χ1) is 12.3. The van der Waals surface area contributed by atoms with Crippen LogP contribution in [0.1, 0.15) is 23.5 Å². The summed E-state index contributed by atoms with van der Waals surface area (Å²) in [6, 6.07) is 5.83. The molecule has 2 rings (SSSR count). The van der Waals surface area contributed by atoms with Gasteiger partial charge >= 0.3 is 0 Å². The Morgan fingerprint density at radius 2 is 1.69 bits per heavy atom. The molecule has 0 saturated heterocycles. The summed E-state index contributed by atoms with van der Waals surface area (Å²) in [5.41, 5.74) is 1.53. The summed E-state index contributed by atoms with van der Waals surface area (Å²) in [5, 5.41) is 8.71. The quantitative estimate of drug-likeness (QED) is 0.445. The van der Waals surface area contributed by atoms with Crippen LogP contribution in [-0.2, 0) is 16.0 Å². The molecule has 2 aromatic rings. The molecule has 0 aromatic heterocycles. The summed E-state index contributed by atoms with van der Waals surface area (Å²) in [6.07, 6.45) is -1.44. The number of halogens is 4. The van der Waals surface area contributed by atoms with Crippen LogP contribution in [0.3, 0.4) is 0 Å². The van der Waals surface area contributed by atoms with Crippen molar-refractivity contribution < 1.29 is 32.3 Å². The van der Waals surface area contributed by atoms with E-state index in [9.17, 15) is 22.4 Å². The lowest BCUT2D eigenvalue weighted by atomic mass is 9.85. The first kappa shape index (κ1) is 19.9. The summed E-state index contributed by atoms with van der Waals surface area (Å²) >= 11 is 0. The van der Waals surface area contributed by atoms with Gasteiger partial charge in [0.15, 0.2) is 0 Å². The maximum absolute atomic E-state index is 14.3. The van der Waals surface area contributed by atoms with Gasteiger partial charge in [0, 0.05) is 25.2 Å². The first-order valence-electron chi connectivity index (χ1n) is 7.70. The van der Waals surface area contributed by atoms with Crippen LogP contribution >= 0.6 is 0 Å². The minimum atomic E-state index is -0.952. The van der Waals surface area contributed by atoms with Crippen LogP contribution in [0.15, 0.2) is 36.4 Å². The molecule has 0 spiro atoms. The molecular formula is C18H17F4NO3. The molecule has 8 heteroatoms. The molecule has 0 aliphatic heterocycles. The molecule has 26 heavy (non-hydrogen) atoms. The third-order valence-electron chi connectivity index (χ3n) is 4.08. The van der Waals surface area contributed by atoms with Crippen molar-refractivity contribution >= 4 is 5.91 Å². The highest BCUT2D eigenvalue weighted by atomic mass is 19.1. The maximum Gasteiger partial charge on any atom is 0.245 e. The van der Waals surface area contributed by atoms with Crippen molar-refractivity contribution in [2.24, 2.45) is 0 Å². The fraction of sp³-hybridized carbons (Fsp3) is 0.278. The number of ether oxygens (including phenoxy) is 1. The van der Waals surface area contributed by atoms with E-state index >= 15 is 0 Å². The van der Waals surface area contributed by atoms with E-state index in [4.69, 9.17) is 9.94 Å². The van der Waals surface area contributed by atoms with E-state index in [1.807, 2.05) is 0 Å². The van der Waals surface area contributed by atoms with Gasteiger partial charge in [-0.2, -0.15) is 0 Å². The average Bonchev–Trinajstić information content (AvgIpc) is 2.60. The molecule has 0 heterocycles. The number of nitrogens with one attached hydrogen (secondary N) is 1. The van der Waals surface area contributed by atoms with Gasteiger partial charge in [-0.3, -0.25) is 10.0 Å². The third kappa shape index (κ3) is 4.80. The van der Waals surface area contributed by atoms with Crippen molar-refractivity contribution in [2.75, 3.05) is 7.11 Å². The number of amides is 1. The van der Waals surface area contributed by atoms with E-state index in [0.717, 1.165) is 12.1 Å². The van der Waals surface area contributed by atoms with Crippen molar-refractivity contribution in [3.8, 4) is 0 Å². The number of methoxy groups -OCH3 is 1. The van der Waals surface area contributed by atoms with Crippen LogP contribution in [0.2, 0.25) is 0 Å². The lowest BCUT2D eigenvalue weighted by Gasteiger charge is -2.26. The fourth-order valence-corrected chi connectivity index (χ4v) is 2.79. The Morgan fingerprint density at radius 3 is 2.23 bits per heavy atom. The van der Waals surface area contributed by atoms with E-state index in [1.165, 1.54) is 24.7 Å². The highest BCUT2D eigenvalue weighted by molar-refractivity contribution is 5.75. The Balaban J connectivity index is 2.44. The second-order valence-electron chi connectivity index (χ2n) is 5.73. The van der Waals surface area contributed by atoms with Crippen molar-refractivity contribution in [3.05, 3.63) is 70.8 Å². The minimum absolute atomic E-state index is 0.00714. The zero-order valence-corrected chi connectivity index (χ0v) is 13.8. The van der Waals surface area contributed by atoms with Gasteiger partial charge in [0.1, 0.15) is 23.3 Å². The molecule has 0 aliphatic rings. The van der Waals surface area contributed by atoms with Crippen LogP contribution in [0, 0.1) is 23.3 Å². The Kier molecular flexibility index (Phi) is 6.70. The van der Waals surface area contributed by atoms with Gasteiger partial charge in [0.05, 0.1) is 12.5 Å². The Labute approximate surface area is 147 Å². The lowest BCUT2D eigenvalue weighted by molar-refractivity contribution is -0.132. The van der Waals surface area contributed by atoms with Crippen molar-refractivity contribution in [1.29, 1.82) is 0 Å². The topological polar surface area (TPSA) is 58.6 Å². The molecule has 2 atom stereocenters. The summed E-state index contributed by atoms with van der Waals surface area (Å²) in [6.45, 7) is 0. The standard InChI is InChI=1S/C18H17F4NO3/c1-26-17(9-18(24)23-25)14(13-5-4-12(20)8-16(13)22)6-10-2-3-11(19)7-15(10)21/h2-5,7-8,14,17,25H,6,9H2,1H3,(H,23,24)/t14-,17-/m1/s1. The molecule has 140 valence electrons. The summed E-state index contributed by atoms with van der Waals surface area (Å²) in [4.78, 5) is 11.5. The van der Waals surface area contributed by atoms with Gasteiger partial charge in [-0.15, -0.1) is 0 Å². The fourth-order valence-electron chi connectivity index (χ4n) is 2.79. The third-order valence-corrected chi connectivity index (χ3v) is 4.08. The Hall–Kier alpha value is -2.45. The molecular weight excluding hydrogens is 354 g/mol. The van der Waals surface area contributed by atoms with E-state index in [-0.39, 0.29) is 24.0 Å². The van der Waals surface area contributed by atoms with Gasteiger partial charge in [-0.1, -0.05) is 12.1 Å². The normalized spacial score (nSPS) is 13.3. The predicted molar refractivity (Wildman–Crippen MR) is 84.5 cm³/mol. The molecule has 4 nitrogen and oxygen atoms in total. The Morgan fingerprint density at radius 1 is 1.08 bits per heavy atom. The second-order valence-corrected chi connectivity index (χ2v) is 5.73. The number of hydroxylamine groups is 1. The van der Waals surface area contributed by atoms with Gasteiger partial charge in [-0.25, -0.2) is 23.0 Å². The molecule has 0 aliphatic carbocycles. The van der Waals surface area contributed by atoms with Crippen LogP contribution in [0.25, 0.3) is 0 Å². The SMILES string of the molecule is CO[C@H](CC(=O)NO)[C@H](Cc1ccc(F)cc1F)c1ccc(F)cc1F. The van der Waals surface area contributed by atoms with Gasteiger partial charge in [0.2, 0.25) is 5.91 Å². The predicted octanol–water partition coefficient (Wildman–Crippen LogP) is 3.48. The zero-order chi connectivity index (χ0) is 19.3. The van der Waals surface area contributed by atoms with Crippen LogP contribution in [-0.4, -0.2) is 24.3 Å². The van der Waals surface area contributed by atoms with Crippen LogP contribution in [0.4, 0.5) is 17.6 Å². The van der Waals surface area contributed by atoms with Gasteiger partial charge < -0.3 is 4.74 Å². The van der Waals surface area contributed by atoms with Crippen molar-refractivity contribution in [1.82, 2.24) is 5.48 Å². The zero-order valence-electron chi connectivity index (χ0n) is 13.8. The monoisotopic (exact) mass is 371 g/mol. The Bertz CT molecular complexity index is 785. The summed E-state index contributed by atoms with van der Waals surface area (Å²) < 4.78 is 59.9. The smallest absolute Gasteiger partial charge is 0.245 e. The molecule has 0 bridgehead atoms. The van der Waals surface area contributed by atoms with Gasteiger partial charge in [0.25, 0.3) is 0 Å². The van der Waals surface area contributed by atoms with Crippen molar-refractivity contribution in [3.63, 3.8) is 0 Å². The molecule has 0 fully saturated rings. The summed E-state index contributed by atoms with van der Waals surface area (Å²) in [7, 11) is 1.27. The molecule has 0 radical (unpaired) electrons.